The molecule has 1 saturated heterocycles. The van der Waals surface area contributed by atoms with E-state index in [-0.39, 0.29) is 28.2 Å². The second-order valence-electron chi connectivity index (χ2n) is 5.47. The lowest BCUT2D eigenvalue weighted by molar-refractivity contribution is 0.0705. The third kappa shape index (κ3) is 3.63. The van der Waals surface area contributed by atoms with Crippen LogP contribution < -0.4 is 5.73 Å². The molecule has 0 bridgehead atoms. The average molecular weight is 310 g/mol. The highest BCUT2D eigenvalue weighted by Crippen LogP contribution is 2.21. The van der Waals surface area contributed by atoms with Crippen LogP contribution in [0.2, 0.25) is 0 Å². The van der Waals surface area contributed by atoms with E-state index in [1.54, 1.807) is 23.1 Å². The molecule has 1 fully saturated rings. The van der Waals surface area contributed by atoms with Crippen molar-refractivity contribution < 1.29 is 13.2 Å². The zero-order valence-electron chi connectivity index (χ0n) is 12.3. The van der Waals surface area contributed by atoms with Gasteiger partial charge in [0.2, 0.25) is 0 Å². The number of likely N-dealkylation sites (tertiary alicyclic amines) is 1. The van der Waals surface area contributed by atoms with E-state index < -0.39 is 9.84 Å². The van der Waals surface area contributed by atoms with Gasteiger partial charge in [-0.3, -0.25) is 4.79 Å². The topological polar surface area (TPSA) is 80.5 Å². The lowest BCUT2D eigenvalue weighted by Crippen LogP contribution is -2.46. The molecule has 1 aliphatic rings. The highest BCUT2D eigenvalue weighted by atomic mass is 32.2. The zero-order valence-corrected chi connectivity index (χ0v) is 13.1. The van der Waals surface area contributed by atoms with Crippen molar-refractivity contribution in [3.8, 4) is 0 Å². The molecule has 2 rings (SSSR count). The fourth-order valence-corrected chi connectivity index (χ4v) is 4.19. The number of amides is 1. The predicted octanol–water partition coefficient (Wildman–Crippen LogP) is 1.43. The maximum absolute atomic E-state index is 12.6. The number of carbonyl (C=O) groups excluding carboxylic acids is 1. The number of hydrogen-bond acceptors (Lipinski definition) is 4. The number of carbonyl (C=O) groups is 1. The van der Waals surface area contributed by atoms with Gasteiger partial charge in [-0.1, -0.05) is 19.1 Å². The molecule has 1 amide bonds. The highest BCUT2D eigenvalue weighted by Gasteiger charge is 2.27. The van der Waals surface area contributed by atoms with Crippen molar-refractivity contribution in [1.29, 1.82) is 0 Å². The van der Waals surface area contributed by atoms with Gasteiger partial charge in [-0.2, -0.15) is 0 Å². The molecule has 0 aliphatic carbocycles. The van der Waals surface area contributed by atoms with Crippen LogP contribution in [-0.2, 0) is 9.84 Å². The molecule has 116 valence electrons. The Balaban J connectivity index is 2.34. The van der Waals surface area contributed by atoms with Gasteiger partial charge in [0.05, 0.1) is 16.2 Å². The van der Waals surface area contributed by atoms with Gasteiger partial charge < -0.3 is 10.6 Å². The zero-order chi connectivity index (χ0) is 15.5. The lowest BCUT2D eigenvalue weighted by Gasteiger charge is -2.31. The minimum Gasteiger partial charge on any atom is -0.337 e. The van der Waals surface area contributed by atoms with Crippen LogP contribution in [-0.4, -0.2) is 44.1 Å². The first-order valence-corrected chi connectivity index (χ1v) is 8.97. The fourth-order valence-electron chi connectivity index (χ4n) is 2.66. The van der Waals surface area contributed by atoms with E-state index in [0.29, 0.717) is 19.5 Å². The van der Waals surface area contributed by atoms with Gasteiger partial charge in [0.1, 0.15) is 0 Å². The van der Waals surface area contributed by atoms with Crippen LogP contribution in [0.1, 0.15) is 36.5 Å². The number of nitrogens with zero attached hydrogens (tertiary/aromatic N) is 1. The molecule has 1 atom stereocenters. The van der Waals surface area contributed by atoms with Crippen molar-refractivity contribution in [2.24, 2.45) is 5.73 Å². The van der Waals surface area contributed by atoms with E-state index in [9.17, 15) is 13.2 Å². The number of piperidine rings is 1. The summed E-state index contributed by atoms with van der Waals surface area (Å²) in [6.45, 7) is 2.93. The summed E-state index contributed by atoms with van der Waals surface area (Å²) < 4.78 is 24.6. The molecule has 2 N–H and O–H groups in total. The highest BCUT2D eigenvalue weighted by molar-refractivity contribution is 7.91. The molecular formula is C15H22N2O3S. The van der Waals surface area contributed by atoms with Crippen molar-refractivity contribution in [1.82, 2.24) is 4.90 Å². The second-order valence-corrected chi connectivity index (χ2v) is 7.55. The molecule has 1 aromatic carbocycles. The summed E-state index contributed by atoms with van der Waals surface area (Å²) in [5.74, 6) is -0.183. The molecule has 1 unspecified atom stereocenters. The number of hydrogen-bond donors (Lipinski definition) is 1. The van der Waals surface area contributed by atoms with Gasteiger partial charge >= 0.3 is 0 Å². The van der Waals surface area contributed by atoms with E-state index in [4.69, 9.17) is 5.73 Å². The van der Waals surface area contributed by atoms with E-state index in [2.05, 4.69) is 0 Å². The van der Waals surface area contributed by atoms with Gasteiger partial charge in [0.25, 0.3) is 5.91 Å². The Kier molecular flexibility index (Phi) is 5.00. The van der Waals surface area contributed by atoms with Crippen molar-refractivity contribution in [2.45, 2.75) is 37.1 Å². The summed E-state index contributed by atoms with van der Waals surface area (Å²) in [4.78, 5) is 14.4. The van der Waals surface area contributed by atoms with Crippen LogP contribution >= 0.6 is 0 Å². The maximum Gasteiger partial charge on any atom is 0.255 e. The fraction of sp³-hybridized carbons (Fsp3) is 0.533. The third-order valence-corrected chi connectivity index (χ3v) is 5.64. The second kappa shape index (κ2) is 6.58. The quantitative estimate of drug-likeness (QED) is 0.912. The standard InChI is InChI=1S/C15H22N2O3S/c1-2-10-21(19,20)14-8-4-3-7-13(14)15(18)17-9-5-6-12(16)11-17/h3-4,7-8,12H,2,5-6,9-11,16H2,1H3. The van der Waals surface area contributed by atoms with E-state index in [0.717, 1.165) is 12.8 Å². The van der Waals surface area contributed by atoms with Gasteiger partial charge in [0, 0.05) is 19.1 Å². The molecule has 1 aliphatic heterocycles. The Hall–Kier alpha value is -1.40. The van der Waals surface area contributed by atoms with Crippen LogP contribution in [0.5, 0.6) is 0 Å². The van der Waals surface area contributed by atoms with Gasteiger partial charge in [-0.15, -0.1) is 0 Å². The largest absolute Gasteiger partial charge is 0.337 e. The summed E-state index contributed by atoms with van der Waals surface area (Å²) in [6.07, 6.45) is 2.29. The first-order valence-electron chi connectivity index (χ1n) is 7.32. The summed E-state index contributed by atoms with van der Waals surface area (Å²) in [5, 5.41) is 0. The minimum absolute atomic E-state index is 0.0258. The summed E-state index contributed by atoms with van der Waals surface area (Å²) in [7, 11) is -3.42. The van der Waals surface area contributed by atoms with Crippen molar-refractivity contribution in [3.63, 3.8) is 0 Å². The predicted molar refractivity (Wildman–Crippen MR) is 81.9 cm³/mol. The molecule has 6 heteroatoms. The number of benzene rings is 1. The van der Waals surface area contributed by atoms with E-state index in [1.807, 2.05) is 6.92 Å². The van der Waals surface area contributed by atoms with Crippen LogP contribution in [0.15, 0.2) is 29.2 Å². The average Bonchev–Trinajstić information content (AvgIpc) is 2.46. The summed E-state index contributed by atoms with van der Waals surface area (Å²) >= 11 is 0. The number of rotatable bonds is 4. The van der Waals surface area contributed by atoms with E-state index >= 15 is 0 Å². The number of sulfone groups is 1. The molecular weight excluding hydrogens is 288 g/mol. The summed E-state index contributed by atoms with van der Waals surface area (Å²) in [6, 6.07) is 6.43. The van der Waals surface area contributed by atoms with Crippen LogP contribution in [0.4, 0.5) is 0 Å². The van der Waals surface area contributed by atoms with Gasteiger partial charge in [-0.25, -0.2) is 8.42 Å². The van der Waals surface area contributed by atoms with Crippen LogP contribution in [0.3, 0.4) is 0 Å². The van der Waals surface area contributed by atoms with Crippen LogP contribution in [0, 0.1) is 0 Å². The normalized spacial score (nSPS) is 19.5. The Morgan fingerprint density at radius 2 is 2.10 bits per heavy atom. The molecule has 1 aromatic rings. The Morgan fingerprint density at radius 1 is 1.38 bits per heavy atom. The molecule has 1 heterocycles. The van der Waals surface area contributed by atoms with Crippen LogP contribution in [0.25, 0.3) is 0 Å². The summed E-state index contributed by atoms with van der Waals surface area (Å²) in [5.41, 5.74) is 6.16. The van der Waals surface area contributed by atoms with Crippen molar-refractivity contribution >= 4 is 15.7 Å². The lowest BCUT2D eigenvalue weighted by atomic mass is 10.1. The first kappa shape index (κ1) is 16.0. The molecule has 0 spiro atoms. The van der Waals surface area contributed by atoms with Crippen molar-refractivity contribution in [2.75, 3.05) is 18.8 Å². The minimum atomic E-state index is -3.42. The number of nitrogens with two attached hydrogens (primary N) is 1. The van der Waals surface area contributed by atoms with E-state index in [1.165, 1.54) is 6.07 Å². The Labute approximate surface area is 126 Å². The first-order chi connectivity index (χ1) is 9.95. The smallest absolute Gasteiger partial charge is 0.255 e. The monoisotopic (exact) mass is 310 g/mol. The molecule has 21 heavy (non-hydrogen) atoms. The molecule has 0 saturated carbocycles. The third-order valence-electron chi connectivity index (χ3n) is 3.67. The van der Waals surface area contributed by atoms with Crippen molar-refractivity contribution in [3.05, 3.63) is 29.8 Å². The molecule has 0 aromatic heterocycles. The Bertz CT molecular complexity index is 613. The molecule has 5 nitrogen and oxygen atoms in total. The Morgan fingerprint density at radius 3 is 2.76 bits per heavy atom. The van der Waals surface area contributed by atoms with Gasteiger partial charge in [0.15, 0.2) is 9.84 Å². The maximum atomic E-state index is 12.6. The molecule has 0 radical (unpaired) electrons. The SMILES string of the molecule is CCCS(=O)(=O)c1ccccc1C(=O)N1CCCC(N)C1. The van der Waals surface area contributed by atoms with Gasteiger partial charge in [-0.05, 0) is 31.4 Å².